The smallest absolute Gasteiger partial charge is 0.340 e. The first-order valence-electron chi connectivity index (χ1n) is 7.08. The molecule has 0 radical (unpaired) electrons. The van der Waals surface area contributed by atoms with Gasteiger partial charge in [0.15, 0.2) is 0 Å². The van der Waals surface area contributed by atoms with Crippen LogP contribution in [-0.2, 0) is 11.8 Å². The van der Waals surface area contributed by atoms with Crippen LogP contribution in [0.3, 0.4) is 0 Å². The molecule has 1 aliphatic rings. The Morgan fingerprint density at radius 1 is 0.957 bits per heavy atom. The minimum absolute atomic E-state index is 0.0205. The van der Waals surface area contributed by atoms with Crippen LogP contribution in [0.2, 0.25) is 0 Å². The molecule has 3 rings (SSSR count). The summed E-state index contributed by atoms with van der Waals surface area (Å²) in [5, 5.41) is 0. The molecule has 0 saturated carbocycles. The van der Waals surface area contributed by atoms with Crippen LogP contribution in [0, 0.1) is 0 Å². The normalized spacial score (nSPS) is 21.0. The topological polar surface area (TPSA) is 35.2 Å². The van der Waals surface area contributed by atoms with Gasteiger partial charge in [0, 0.05) is 29.2 Å². The molecule has 0 bridgehead atoms. The van der Waals surface area contributed by atoms with E-state index in [2.05, 4.69) is 0 Å². The molecular formula is C17H15F4NO. The Kier molecular flexibility index (Phi) is 3.59. The summed E-state index contributed by atoms with van der Waals surface area (Å²) in [5.41, 5.74) is 4.44. The third kappa shape index (κ3) is 2.05. The van der Waals surface area contributed by atoms with Crippen molar-refractivity contribution in [3.63, 3.8) is 0 Å². The van der Waals surface area contributed by atoms with E-state index in [0.717, 1.165) is 12.1 Å². The Morgan fingerprint density at radius 3 is 2.22 bits per heavy atom. The largest absolute Gasteiger partial charge is 0.496 e. The van der Waals surface area contributed by atoms with Crippen molar-refractivity contribution in [3.8, 4) is 5.75 Å². The highest BCUT2D eigenvalue weighted by molar-refractivity contribution is 5.55. The fourth-order valence-electron chi connectivity index (χ4n) is 3.18. The Bertz CT molecular complexity index is 745. The highest BCUT2D eigenvalue weighted by Crippen LogP contribution is 2.57. The molecule has 1 aliphatic carbocycles. The summed E-state index contributed by atoms with van der Waals surface area (Å²) >= 11 is 0. The second-order valence-corrected chi connectivity index (χ2v) is 5.45. The molecule has 0 fully saturated rings. The first-order valence-corrected chi connectivity index (χ1v) is 7.08. The molecular weight excluding hydrogens is 310 g/mol. The number of hydrogen-bond acceptors (Lipinski definition) is 2. The van der Waals surface area contributed by atoms with Crippen molar-refractivity contribution in [1.82, 2.24) is 0 Å². The first kappa shape index (κ1) is 15.8. The Morgan fingerprint density at radius 2 is 1.57 bits per heavy atom. The molecule has 23 heavy (non-hydrogen) atoms. The maximum atomic E-state index is 14.7. The molecule has 6 heteroatoms. The number of alkyl halides is 4. The van der Waals surface area contributed by atoms with Gasteiger partial charge in [0.2, 0.25) is 0 Å². The predicted octanol–water partition coefficient (Wildman–Crippen LogP) is 3.98. The first-order chi connectivity index (χ1) is 10.9. The summed E-state index contributed by atoms with van der Waals surface area (Å²) in [4.78, 5) is 0. The lowest BCUT2D eigenvalue weighted by Crippen LogP contribution is -2.35. The molecule has 2 N–H and O–H groups in total. The zero-order valence-electron chi connectivity index (χ0n) is 12.3. The molecule has 0 saturated heterocycles. The quantitative estimate of drug-likeness (QED) is 0.848. The summed E-state index contributed by atoms with van der Waals surface area (Å²) in [6, 6.07) is 9.08. The van der Waals surface area contributed by atoms with Crippen LogP contribution in [0.5, 0.6) is 5.75 Å². The third-order valence-electron chi connectivity index (χ3n) is 4.28. The van der Waals surface area contributed by atoms with Gasteiger partial charge in [-0.1, -0.05) is 36.4 Å². The van der Waals surface area contributed by atoms with Crippen molar-refractivity contribution in [2.24, 2.45) is 5.73 Å². The zero-order valence-corrected chi connectivity index (χ0v) is 12.3. The minimum atomic E-state index is -4.36. The van der Waals surface area contributed by atoms with E-state index < -0.39 is 28.9 Å². The lowest BCUT2D eigenvalue weighted by Gasteiger charge is -2.27. The van der Waals surface area contributed by atoms with Gasteiger partial charge in [-0.05, 0) is 11.6 Å². The van der Waals surface area contributed by atoms with Gasteiger partial charge < -0.3 is 10.5 Å². The Labute approximate surface area is 130 Å². The fourth-order valence-corrected chi connectivity index (χ4v) is 3.18. The Hall–Kier alpha value is -2.08. The molecule has 1 unspecified atom stereocenters. The fraction of sp³-hybridized carbons (Fsp3) is 0.294. The lowest BCUT2D eigenvalue weighted by molar-refractivity contribution is -0.223. The molecule has 0 aromatic heterocycles. The highest BCUT2D eigenvalue weighted by atomic mass is 19.3. The molecule has 0 spiro atoms. The molecule has 0 heterocycles. The van der Waals surface area contributed by atoms with Crippen molar-refractivity contribution in [3.05, 3.63) is 64.7 Å². The summed E-state index contributed by atoms with van der Waals surface area (Å²) in [5.74, 6) is -9.37. The van der Waals surface area contributed by atoms with E-state index in [-0.39, 0.29) is 23.4 Å². The average Bonchev–Trinajstić information content (AvgIpc) is 2.60. The molecule has 2 nitrogen and oxygen atoms in total. The number of benzene rings is 2. The number of ether oxygens (including phenoxy) is 1. The van der Waals surface area contributed by atoms with Gasteiger partial charge in [0.05, 0.1) is 7.11 Å². The predicted molar refractivity (Wildman–Crippen MR) is 78.1 cm³/mol. The van der Waals surface area contributed by atoms with Crippen LogP contribution < -0.4 is 10.5 Å². The van der Waals surface area contributed by atoms with E-state index in [9.17, 15) is 17.6 Å². The second kappa shape index (κ2) is 5.23. The van der Waals surface area contributed by atoms with Gasteiger partial charge in [0.25, 0.3) is 0 Å². The van der Waals surface area contributed by atoms with Crippen LogP contribution in [-0.4, -0.2) is 13.7 Å². The zero-order chi connectivity index (χ0) is 16.8. The van der Waals surface area contributed by atoms with Crippen molar-refractivity contribution in [2.75, 3.05) is 13.7 Å². The van der Waals surface area contributed by atoms with Gasteiger partial charge in [-0.3, -0.25) is 0 Å². The van der Waals surface area contributed by atoms with E-state index in [0.29, 0.717) is 0 Å². The van der Waals surface area contributed by atoms with Gasteiger partial charge in [-0.15, -0.1) is 0 Å². The van der Waals surface area contributed by atoms with Crippen LogP contribution in [0.1, 0.15) is 28.2 Å². The molecule has 0 amide bonds. The van der Waals surface area contributed by atoms with E-state index in [1.165, 1.54) is 37.4 Å². The van der Waals surface area contributed by atoms with Crippen LogP contribution in [0.4, 0.5) is 17.6 Å². The summed E-state index contributed by atoms with van der Waals surface area (Å²) in [7, 11) is 1.32. The van der Waals surface area contributed by atoms with Crippen LogP contribution in [0.15, 0.2) is 42.5 Å². The number of rotatable bonds is 2. The maximum Gasteiger partial charge on any atom is 0.340 e. The second-order valence-electron chi connectivity index (χ2n) is 5.45. The summed E-state index contributed by atoms with van der Waals surface area (Å²) < 4.78 is 63.8. The highest BCUT2D eigenvalue weighted by Gasteiger charge is 2.62. The SMILES string of the molecule is COc1cccc2c1C(CN)c1ccccc1C(F)(F)C2(F)F. The number of halogens is 4. The molecule has 2 aromatic rings. The van der Waals surface area contributed by atoms with E-state index in [1.807, 2.05) is 0 Å². The van der Waals surface area contributed by atoms with E-state index in [1.54, 1.807) is 0 Å². The molecule has 122 valence electrons. The molecule has 2 aromatic carbocycles. The third-order valence-corrected chi connectivity index (χ3v) is 4.28. The van der Waals surface area contributed by atoms with E-state index in [4.69, 9.17) is 10.5 Å². The molecule has 1 atom stereocenters. The maximum absolute atomic E-state index is 14.7. The van der Waals surface area contributed by atoms with Gasteiger partial charge in [0.1, 0.15) is 5.75 Å². The van der Waals surface area contributed by atoms with Gasteiger partial charge >= 0.3 is 11.8 Å². The Balaban J connectivity index is 2.45. The molecule has 0 aliphatic heterocycles. The van der Waals surface area contributed by atoms with Crippen LogP contribution >= 0.6 is 0 Å². The monoisotopic (exact) mass is 325 g/mol. The number of fused-ring (bicyclic) bond motifs is 2. The van der Waals surface area contributed by atoms with E-state index >= 15 is 0 Å². The van der Waals surface area contributed by atoms with Crippen molar-refractivity contribution in [1.29, 1.82) is 0 Å². The number of nitrogens with two attached hydrogens (primary N) is 1. The summed E-state index contributed by atoms with van der Waals surface area (Å²) in [6.45, 7) is -0.0868. The van der Waals surface area contributed by atoms with Gasteiger partial charge in [-0.25, -0.2) is 0 Å². The standard InChI is InChI=1S/C17H15F4NO/c1-23-14-8-4-7-13-15(14)11(9-22)10-5-2-3-6-12(10)16(18,19)17(13,20)21/h2-8,11H,9,22H2,1H3. The number of hydrogen-bond donors (Lipinski definition) is 1. The van der Waals surface area contributed by atoms with Crippen molar-refractivity contribution < 1.29 is 22.3 Å². The van der Waals surface area contributed by atoms with Gasteiger partial charge in [-0.2, -0.15) is 17.6 Å². The van der Waals surface area contributed by atoms with Crippen molar-refractivity contribution in [2.45, 2.75) is 17.8 Å². The van der Waals surface area contributed by atoms with Crippen molar-refractivity contribution >= 4 is 0 Å². The average molecular weight is 325 g/mol. The van der Waals surface area contributed by atoms with Crippen LogP contribution in [0.25, 0.3) is 0 Å². The number of methoxy groups -OCH3 is 1. The lowest BCUT2D eigenvalue weighted by atomic mass is 9.87. The minimum Gasteiger partial charge on any atom is -0.496 e. The summed E-state index contributed by atoms with van der Waals surface area (Å²) in [6.07, 6.45) is 0.